The molecule has 130 valence electrons. The Labute approximate surface area is 151 Å². The summed E-state index contributed by atoms with van der Waals surface area (Å²) in [5, 5.41) is 11.2. The Bertz CT molecular complexity index is 793. The Morgan fingerprint density at radius 3 is 2.84 bits per heavy atom. The highest BCUT2D eigenvalue weighted by Gasteiger charge is 2.61. The van der Waals surface area contributed by atoms with Crippen LogP contribution in [0.4, 0.5) is 0 Å². The van der Waals surface area contributed by atoms with Crippen LogP contribution in [0, 0.1) is 41.4 Å². The Morgan fingerprint density at radius 1 is 1.24 bits per heavy atom. The second-order valence-electron chi connectivity index (χ2n) is 8.23. The van der Waals surface area contributed by atoms with Gasteiger partial charge in [-0.1, -0.05) is 18.9 Å². The molecule has 0 aliphatic heterocycles. The molecule has 0 heterocycles. The molecular formula is C23H26O2. The first-order chi connectivity index (χ1) is 12.0. The predicted molar refractivity (Wildman–Crippen MR) is 99.2 cm³/mol. The summed E-state index contributed by atoms with van der Waals surface area (Å²) in [6.07, 6.45) is 11.6. The topological polar surface area (TPSA) is 29.5 Å². The van der Waals surface area contributed by atoms with Gasteiger partial charge in [0.15, 0.2) is 0 Å². The van der Waals surface area contributed by atoms with Gasteiger partial charge in [0.05, 0.1) is 7.11 Å². The van der Waals surface area contributed by atoms with E-state index in [1.54, 1.807) is 7.11 Å². The van der Waals surface area contributed by atoms with Crippen molar-refractivity contribution in [2.45, 2.75) is 57.0 Å². The van der Waals surface area contributed by atoms with E-state index >= 15 is 0 Å². The van der Waals surface area contributed by atoms with Gasteiger partial charge in [-0.15, -0.1) is 6.42 Å². The van der Waals surface area contributed by atoms with Crippen molar-refractivity contribution in [3.8, 4) is 29.9 Å². The Kier molecular flexibility index (Phi) is 3.86. The lowest BCUT2D eigenvalue weighted by molar-refractivity contribution is -0.0647. The molecule has 0 spiro atoms. The first-order valence-electron chi connectivity index (χ1n) is 9.39. The maximum Gasteiger partial charge on any atom is 0.132 e. The molecule has 1 aromatic carbocycles. The highest BCUT2D eigenvalue weighted by atomic mass is 16.5. The largest absolute Gasteiger partial charge is 0.497 e. The molecule has 0 bridgehead atoms. The zero-order chi connectivity index (χ0) is 17.7. The molecule has 5 atom stereocenters. The summed E-state index contributed by atoms with van der Waals surface area (Å²) in [5.41, 5.74) is 1.89. The number of fused-ring (bicyclic) bond motifs is 5. The number of aryl methyl sites for hydroxylation is 1. The third kappa shape index (κ3) is 2.32. The summed E-state index contributed by atoms with van der Waals surface area (Å²) >= 11 is 0. The van der Waals surface area contributed by atoms with E-state index in [1.165, 1.54) is 17.5 Å². The average molecular weight is 334 g/mol. The fourth-order valence-electron chi connectivity index (χ4n) is 6.05. The molecule has 3 aliphatic carbocycles. The molecule has 2 fully saturated rings. The van der Waals surface area contributed by atoms with Crippen LogP contribution in [0.5, 0.6) is 5.75 Å². The second kappa shape index (κ2) is 5.82. The van der Waals surface area contributed by atoms with Crippen LogP contribution in [-0.4, -0.2) is 17.8 Å². The number of methoxy groups -OCH3 is 1. The van der Waals surface area contributed by atoms with Crippen molar-refractivity contribution < 1.29 is 9.84 Å². The van der Waals surface area contributed by atoms with Gasteiger partial charge in [0.25, 0.3) is 0 Å². The maximum absolute atomic E-state index is 11.2. The van der Waals surface area contributed by atoms with Crippen LogP contribution in [0.3, 0.4) is 0 Å². The fourth-order valence-corrected chi connectivity index (χ4v) is 6.05. The summed E-state index contributed by atoms with van der Waals surface area (Å²) in [4.78, 5) is 0. The molecule has 5 unspecified atom stereocenters. The SMILES string of the molecule is C#CC#CC1(O)CCC2C3CCc4cc(OC)ccc4C3CCC21C. The van der Waals surface area contributed by atoms with E-state index < -0.39 is 5.60 Å². The van der Waals surface area contributed by atoms with Crippen LogP contribution in [0.15, 0.2) is 18.2 Å². The molecule has 25 heavy (non-hydrogen) atoms. The van der Waals surface area contributed by atoms with Gasteiger partial charge >= 0.3 is 0 Å². The van der Waals surface area contributed by atoms with Crippen molar-refractivity contribution in [1.82, 2.24) is 0 Å². The first-order valence-corrected chi connectivity index (χ1v) is 9.39. The van der Waals surface area contributed by atoms with Crippen LogP contribution < -0.4 is 4.74 Å². The molecule has 0 radical (unpaired) electrons. The lowest BCUT2D eigenvalue weighted by Crippen LogP contribution is -2.50. The van der Waals surface area contributed by atoms with E-state index in [0.29, 0.717) is 17.8 Å². The quantitative estimate of drug-likeness (QED) is 0.789. The number of rotatable bonds is 1. The number of hydrogen-bond acceptors (Lipinski definition) is 2. The average Bonchev–Trinajstić information content (AvgIpc) is 2.91. The number of benzene rings is 1. The van der Waals surface area contributed by atoms with Crippen molar-refractivity contribution in [1.29, 1.82) is 0 Å². The normalized spacial score (nSPS) is 38.4. The van der Waals surface area contributed by atoms with Gasteiger partial charge in [-0.25, -0.2) is 0 Å². The van der Waals surface area contributed by atoms with Crippen molar-refractivity contribution in [2.24, 2.45) is 17.3 Å². The molecule has 0 aromatic heterocycles. The minimum absolute atomic E-state index is 0.137. The third-order valence-corrected chi connectivity index (χ3v) is 7.43. The minimum Gasteiger partial charge on any atom is -0.497 e. The highest BCUT2D eigenvalue weighted by molar-refractivity contribution is 5.41. The van der Waals surface area contributed by atoms with E-state index in [9.17, 15) is 5.11 Å². The Balaban J connectivity index is 1.68. The molecule has 3 aliphatic rings. The van der Waals surface area contributed by atoms with Crippen LogP contribution in [0.2, 0.25) is 0 Å². The maximum atomic E-state index is 11.2. The van der Waals surface area contributed by atoms with Crippen molar-refractivity contribution in [3.05, 3.63) is 29.3 Å². The molecule has 1 N–H and O–H groups in total. The van der Waals surface area contributed by atoms with Crippen LogP contribution in [0.25, 0.3) is 0 Å². The zero-order valence-corrected chi connectivity index (χ0v) is 15.1. The smallest absolute Gasteiger partial charge is 0.132 e. The van der Waals surface area contributed by atoms with E-state index in [1.807, 2.05) is 0 Å². The molecule has 0 amide bonds. The highest BCUT2D eigenvalue weighted by Crippen LogP contribution is 2.64. The van der Waals surface area contributed by atoms with Crippen molar-refractivity contribution >= 4 is 0 Å². The van der Waals surface area contributed by atoms with Gasteiger partial charge in [-0.05, 0) is 91.4 Å². The lowest BCUT2D eigenvalue weighted by Gasteiger charge is -2.52. The molecule has 4 rings (SSSR count). The molecular weight excluding hydrogens is 308 g/mol. The Morgan fingerprint density at radius 2 is 2.08 bits per heavy atom. The summed E-state index contributed by atoms with van der Waals surface area (Å²) < 4.78 is 5.40. The summed E-state index contributed by atoms with van der Waals surface area (Å²) in [5.74, 6) is 10.8. The first kappa shape index (κ1) is 16.6. The number of terminal acetylenes is 1. The third-order valence-electron chi connectivity index (χ3n) is 7.43. The lowest BCUT2D eigenvalue weighted by atomic mass is 9.53. The van der Waals surface area contributed by atoms with Crippen molar-refractivity contribution in [2.75, 3.05) is 7.11 Å². The van der Waals surface area contributed by atoms with E-state index in [0.717, 1.165) is 37.9 Å². The fraction of sp³-hybridized carbons (Fsp3) is 0.565. The van der Waals surface area contributed by atoms with Gasteiger partial charge in [0, 0.05) is 5.41 Å². The van der Waals surface area contributed by atoms with Crippen LogP contribution in [-0.2, 0) is 6.42 Å². The predicted octanol–water partition coefficient (Wildman–Crippen LogP) is 3.92. The molecule has 2 saturated carbocycles. The van der Waals surface area contributed by atoms with E-state index in [-0.39, 0.29) is 5.41 Å². The van der Waals surface area contributed by atoms with Gasteiger partial charge in [0.2, 0.25) is 0 Å². The van der Waals surface area contributed by atoms with Gasteiger partial charge in [-0.3, -0.25) is 0 Å². The summed E-state index contributed by atoms with van der Waals surface area (Å²) in [6, 6.07) is 6.58. The number of hydrogen-bond donors (Lipinski definition) is 1. The summed E-state index contributed by atoms with van der Waals surface area (Å²) in [6.45, 7) is 2.25. The summed E-state index contributed by atoms with van der Waals surface area (Å²) in [7, 11) is 1.73. The number of aliphatic hydroxyl groups is 1. The van der Waals surface area contributed by atoms with Gasteiger partial charge in [-0.2, -0.15) is 0 Å². The minimum atomic E-state index is -0.921. The van der Waals surface area contributed by atoms with Gasteiger partial charge < -0.3 is 9.84 Å². The van der Waals surface area contributed by atoms with E-state index in [4.69, 9.17) is 11.2 Å². The van der Waals surface area contributed by atoms with Gasteiger partial charge in [0.1, 0.15) is 11.4 Å². The molecule has 2 nitrogen and oxygen atoms in total. The Hall–Kier alpha value is -1.90. The van der Waals surface area contributed by atoms with Crippen LogP contribution >= 0.6 is 0 Å². The van der Waals surface area contributed by atoms with Crippen molar-refractivity contribution in [3.63, 3.8) is 0 Å². The monoisotopic (exact) mass is 334 g/mol. The molecule has 0 saturated heterocycles. The second-order valence-corrected chi connectivity index (χ2v) is 8.23. The van der Waals surface area contributed by atoms with E-state index in [2.05, 4.69) is 42.9 Å². The number of ether oxygens (including phenoxy) is 1. The van der Waals surface area contributed by atoms with Crippen LogP contribution in [0.1, 0.15) is 56.1 Å². The molecule has 1 aromatic rings. The standard InChI is InChI=1S/C23H26O2/c1-4-5-12-23(24)14-11-21-20-8-6-16-15-17(25-3)7-9-18(16)19(20)10-13-22(21,23)2/h1,7,9,15,19-21,24H,6,8,10-11,13-14H2,2-3H3. The molecule has 2 heteroatoms. The zero-order valence-electron chi connectivity index (χ0n) is 15.1.